The van der Waals surface area contributed by atoms with Crippen LogP contribution in [0.15, 0.2) is 0 Å². The second-order valence-corrected chi connectivity index (χ2v) is 12.4. The Morgan fingerprint density at radius 3 is 2.00 bits per heavy atom. The van der Waals surface area contributed by atoms with E-state index < -0.39 is 0 Å². The van der Waals surface area contributed by atoms with Crippen LogP contribution in [0.5, 0.6) is 0 Å². The normalized spacial score (nSPS) is 32.3. The summed E-state index contributed by atoms with van der Waals surface area (Å²) in [4.78, 5) is 0. The summed E-state index contributed by atoms with van der Waals surface area (Å²) in [5, 5.41) is 0.756. The zero-order valence-corrected chi connectivity index (χ0v) is 17.2. The number of rotatable bonds is 3. The van der Waals surface area contributed by atoms with Gasteiger partial charge in [0.2, 0.25) is 0 Å². The molecule has 0 amide bonds. The summed E-state index contributed by atoms with van der Waals surface area (Å²) in [7, 11) is 0. The summed E-state index contributed by atoms with van der Waals surface area (Å²) in [6.45, 7) is 24.9. The molecule has 0 aromatic carbocycles. The maximum atomic E-state index is 2.54. The highest BCUT2D eigenvalue weighted by atomic mass is 32.2. The Morgan fingerprint density at radius 1 is 1.00 bits per heavy atom. The lowest BCUT2D eigenvalue weighted by Crippen LogP contribution is -2.50. The third-order valence-electron chi connectivity index (χ3n) is 5.45. The van der Waals surface area contributed by atoms with Crippen LogP contribution in [0.4, 0.5) is 0 Å². The van der Waals surface area contributed by atoms with Crippen molar-refractivity contribution in [2.45, 2.75) is 105 Å². The maximum Gasteiger partial charge on any atom is 0.0111 e. The van der Waals surface area contributed by atoms with Gasteiger partial charge in [-0.1, -0.05) is 75.7 Å². The molecule has 1 aliphatic heterocycles. The van der Waals surface area contributed by atoms with Crippen LogP contribution in [0, 0.1) is 22.2 Å². The molecule has 126 valence electrons. The van der Waals surface area contributed by atoms with Crippen molar-refractivity contribution in [2.75, 3.05) is 0 Å². The third-order valence-corrected chi connectivity index (χ3v) is 6.81. The summed E-state index contributed by atoms with van der Waals surface area (Å²) in [6.07, 6.45) is 5.29. The maximum absolute atomic E-state index is 2.54. The quantitative estimate of drug-likeness (QED) is 0.532. The van der Waals surface area contributed by atoms with Crippen molar-refractivity contribution in [3.8, 4) is 0 Å². The molecule has 0 aromatic rings. The number of thioether (sulfide) groups is 1. The molecule has 21 heavy (non-hydrogen) atoms. The smallest absolute Gasteiger partial charge is 0.0111 e. The van der Waals surface area contributed by atoms with Crippen molar-refractivity contribution < 1.29 is 0 Å². The lowest BCUT2D eigenvalue weighted by molar-refractivity contribution is -0.0464. The van der Waals surface area contributed by atoms with Crippen molar-refractivity contribution >= 4 is 11.8 Å². The van der Waals surface area contributed by atoms with Crippen LogP contribution >= 0.6 is 11.8 Å². The summed E-state index contributed by atoms with van der Waals surface area (Å²) >= 11 is 2.21. The lowest BCUT2D eigenvalue weighted by Gasteiger charge is -2.57. The van der Waals surface area contributed by atoms with E-state index >= 15 is 0 Å². The van der Waals surface area contributed by atoms with Crippen LogP contribution < -0.4 is 0 Å². The monoisotopic (exact) mass is 312 g/mol. The number of hydrogen-bond acceptors (Lipinski definition) is 1. The molecule has 0 saturated carbocycles. The first-order valence-corrected chi connectivity index (χ1v) is 9.79. The van der Waals surface area contributed by atoms with Crippen molar-refractivity contribution in [1.82, 2.24) is 0 Å². The first-order valence-electron chi connectivity index (χ1n) is 8.91. The standard InChI is InChI=1S/C20H40S/c1-11-12-17(3,4)16-18(5,6)13-15(2)21-20(9,10)14-19(16,7)8/h15-16H,11-14H2,1-10H3. The summed E-state index contributed by atoms with van der Waals surface area (Å²) in [5.41, 5.74) is 1.21. The fourth-order valence-electron chi connectivity index (χ4n) is 6.65. The van der Waals surface area contributed by atoms with Crippen molar-refractivity contribution in [3.05, 3.63) is 0 Å². The largest absolute Gasteiger partial charge is 0.153 e. The van der Waals surface area contributed by atoms with Gasteiger partial charge in [0.05, 0.1) is 0 Å². The molecule has 2 atom stereocenters. The highest BCUT2D eigenvalue weighted by molar-refractivity contribution is 8.01. The average molecular weight is 313 g/mol. The molecule has 0 aliphatic carbocycles. The SMILES string of the molecule is CCCC(C)(C)C1C(C)(C)CC(C)SC(C)(C)CC1(C)C. The van der Waals surface area contributed by atoms with Crippen LogP contribution in [-0.2, 0) is 0 Å². The highest BCUT2D eigenvalue weighted by Crippen LogP contribution is 2.60. The Bertz CT molecular complexity index is 349. The lowest BCUT2D eigenvalue weighted by atomic mass is 9.51. The Hall–Kier alpha value is 0.350. The fourth-order valence-corrected chi connectivity index (χ4v) is 8.71. The van der Waals surface area contributed by atoms with Gasteiger partial charge in [-0.05, 0) is 41.4 Å². The average Bonchev–Trinajstić information content (AvgIpc) is 2.07. The van der Waals surface area contributed by atoms with Crippen molar-refractivity contribution in [3.63, 3.8) is 0 Å². The summed E-state index contributed by atoms with van der Waals surface area (Å²) in [6, 6.07) is 0. The van der Waals surface area contributed by atoms with E-state index in [1.807, 2.05) is 0 Å². The molecular weight excluding hydrogens is 272 g/mol. The molecule has 1 rings (SSSR count). The second kappa shape index (κ2) is 6.10. The molecule has 1 aliphatic rings. The van der Waals surface area contributed by atoms with Gasteiger partial charge in [-0.2, -0.15) is 11.8 Å². The topological polar surface area (TPSA) is 0 Å². The first kappa shape index (κ1) is 19.4. The molecule has 1 fully saturated rings. The van der Waals surface area contributed by atoms with Gasteiger partial charge in [0.25, 0.3) is 0 Å². The van der Waals surface area contributed by atoms with E-state index in [-0.39, 0.29) is 0 Å². The van der Waals surface area contributed by atoms with Crippen LogP contribution in [-0.4, -0.2) is 10.00 Å². The van der Waals surface area contributed by atoms with Crippen LogP contribution in [0.1, 0.15) is 94.9 Å². The van der Waals surface area contributed by atoms with Crippen LogP contribution in [0.25, 0.3) is 0 Å². The Kier molecular flexibility index (Phi) is 5.63. The molecule has 1 saturated heterocycles. The molecule has 1 heterocycles. The minimum Gasteiger partial charge on any atom is -0.153 e. The fraction of sp³-hybridized carbons (Fsp3) is 1.00. The molecule has 2 unspecified atom stereocenters. The molecular formula is C20H40S. The van der Waals surface area contributed by atoms with E-state index in [1.165, 1.54) is 25.7 Å². The number of hydrogen-bond donors (Lipinski definition) is 0. The molecule has 0 nitrogen and oxygen atoms in total. The Morgan fingerprint density at radius 2 is 1.52 bits per heavy atom. The molecule has 0 radical (unpaired) electrons. The highest BCUT2D eigenvalue weighted by Gasteiger charge is 2.51. The predicted octanol–water partition coefficient (Wildman–Crippen LogP) is 7.18. The van der Waals surface area contributed by atoms with Crippen molar-refractivity contribution in [2.24, 2.45) is 22.2 Å². The van der Waals surface area contributed by atoms with Crippen LogP contribution in [0.3, 0.4) is 0 Å². The Labute approximate surface area is 139 Å². The second-order valence-electron chi connectivity index (χ2n) is 10.2. The van der Waals surface area contributed by atoms with Crippen LogP contribution in [0.2, 0.25) is 0 Å². The van der Waals surface area contributed by atoms with Gasteiger partial charge in [0, 0.05) is 10.00 Å². The van der Waals surface area contributed by atoms with E-state index in [9.17, 15) is 0 Å². The van der Waals surface area contributed by atoms with Gasteiger partial charge in [-0.15, -0.1) is 0 Å². The summed E-state index contributed by atoms with van der Waals surface area (Å²) < 4.78 is 0.389. The van der Waals surface area contributed by atoms with Gasteiger partial charge < -0.3 is 0 Å². The van der Waals surface area contributed by atoms with Gasteiger partial charge in [0.15, 0.2) is 0 Å². The van der Waals surface area contributed by atoms with E-state index in [1.54, 1.807) is 0 Å². The zero-order chi connectivity index (χ0) is 16.7. The van der Waals surface area contributed by atoms with E-state index in [0.717, 1.165) is 11.2 Å². The van der Waals surface area contributed by atoms with Crippen molar-refractivity contribution in [1.29, 1.82) is 0 Å². The van der Waals surface area contributed by atoms with E-state index in [4.69, 9.17) is 0 Å². The molecule has 0 N–H and O–H groups in total. The summed E-state index contributed by atoms with van der Waals surface area (Å²) in [5.74, 6) is 0.764. The van der Waals surface area contributed by atoms with Gasteiger partial charge in [-0.25, -0.2) is 0 Å². The Balaban J connectivity index is 3.30. The zero-order valence-electron chi connectivity index (χ0n) is 16.4. The predicted molar refractivity (Wildman–Crippen MR) is 100 cm³/mol. The minimum atomic E-state index is 0.388. The molecule has 1 heteroatoms. The third kappa shape index (κ3) is 4.66. The van der Waals surface area contributed by atoms with Gasteiger partial charge in [0.1, 0.15) is 0 Å². The van der Waals surface area contributed by atoms with Gasteiger partial charge >= 0.3 is 0 Å². The molecule has 0 spiro atoms. The molecule has 0 aromatic heterocycles. The van der Waals surface area contributed by atoms with E-state index in [0.29, 0.717) is 21.0 Å². The minimum absolute atomic E-state index is 0.388. The van der Waals surface area contributed by atoms with E-state index in [2.05, 4.69) is 81.0 Å². The molecule has 0 bridgehead atoms. The first-order chi connectivity index (χ1) is 9.23. The van der Waals surface area contributed by atoms with Gasteiger partial charge in [-0.3, -0.25) is 0 Å².